The predicted octanol–water partition coefficient (Wildman–Crippen LogP) is 1.16. The van der Waals surface area contributed by atoms with Crippen molar-refractivity contribution in [3.63, 3.8) is 0 Å². The number of amides is 1. The van der Waals surface area contributed by atoms with Crippen molar-refractivity contribution in [1.29, 1.82) is 0 Å². The normalized spacial score (nSPS) is 21.4. The number of benzene rings is 1. The predicted molar refractivity (Wildman–Crippen MR) is 101 cm³/mol. The summed E-state index contributed by atoms with van der Waals surface area (Å²) < 4.78 is 64.0. The van der Waals surface area contributed by atoms with Gasteiger partial charge in [-0.3, -0.25) is 9.59 Å². The first kappa shape index (κ1) is 22.6. The van der Waals surface area contributed by atoms with Crippen LogP contribution in [0.2, 0.25) is 0 Å². The summed E-state index contributed by atoms with van der Waals surface area (Å²) in [5, 5.41) is 0. The summed E-state index contributed by atoms with van der Waals surface area (Å²) in [5.41, 5.74) is 0. The van der Waals surface area contributed by atoms with E-state index in [9.17, 15) is 26.8 Å². The molecule has 1 unspecified atom stereocenters. The third-order valence-corrected chi connectivity index (χ3v) is 7.14. The summed E-state index contributed by atoms with van der Waals surface area (Å²) in [6.07, 6.45) is 0.253. The maximum Gasteiger partial charge on any atom is 0.309 e. The number of morpholine rings is 1. The van der Waals surface area contributed by atoms with Crippen molar-refractivity contribution < 1.29 is 36.3 Å². The van der Waals surface area contributed by atoms with Crippen LogP contribution in [0.4, 0.5) is 8.78 Å². The number of hydrogen-bond acceptors (Lipinski definition) is 6. The fourth-order valence-electron chi connectivity index (χ4n) is 3.53. The van der Waals surface area contributed by atoms with Gasteiger partial charge in [0.25, 0.3) is 5.91 Å². The van der Waals surface area contributed by atoms with Crippen LogP contribution in [-0.2, 0) is 29.1 Å². The molecule has 30 heavy (non-hydrogen) atoms. The maximum absolute atomic E-state index is 13.9. The highest BCUT2D eigenvalue weighted by atomic mass is 32.2. The van der Waals surface area contributed by atoms with Gasteiger partial charge in [-0.15, -0.1) is 0 Å². The monoisotopic (exact) mass is 446 g/mol. The molecule has 0 N–H and O–H groups in total. The highest BCUT2D eigenvalue weighted by Crippen LogP contribution is 2.26. The lowest BCUT2D eigenvalue weighted by atomic mass is 9.98. The van der Waals surface area contributed by atoms with Gasteiger partial charge in [0.2, 0.25) is 10.0 Å². The van der Waals surface area contributed by atoms with Crippen molar-refractivity contribution in [2.45, 2.75) is 30.8 Å². The number of halogens is 2. The number of sulfonamides is 1. The third kappa shape index (κ3) is 5.13. The molecular formula is C19H24F2N2O6S. The molecule has 0 saturated carbocycles. The molecule has 1 aromatic rings. The maximum atomic E-state index is 13.9. The first-order chi connectivity index (χ1) is 14.2. The average Bonchev–Trinajstić information content (AvgIpc) is 2.73. The van der Waals surface area contributed by atoms with E-state index < -0.39 is 38.4 Å². The molecule has 2 saturated heterocycles. The molecule has 0 aliphatic carbocycles. The molecular weight excluding hydrogens is 422 g/mol. The van der Waals surface area contributed by atoms with E-state index in [2.05, 4.69) is 0 Å². The van der Waals surface area contributed by atoms with E-state index in [0.717, 1.165) is 16.4 Å². The van der Waals surface area contributed by atoms with E-state index in [-0.39, 0.29) is 44.5 Å². The number of carbonyl (C=O) groups is 2. The van der Waals surface area contributed by atoms with E-state index >= 15 is 0 Å². The van der Waals surface area contributed by atoms with Crippen LogP contribution in [0.3, 0.4) is 0 Å². The van der Waals surface area contributed by atoms with Gasteiger partial charge in [0.15, 0.2) is 6.61 Å². The largest absolute Gasteiger partial charge is 0.455 e. The van der Waals surface area contributed by atoms with Crippen LogP contribution in [0.25, 0.3) is 0 Å². The van der Waals surface area contributed by atoms with Crippen molar-refractivity contribution in [3.8, 4) is 0 Å². The molecule has 2 heterocycles. The number of piperidine rings is 1. The Morgan fingerprint density at radius 3 is 2.57 bits per heavy atom. The summed E-state index contributed by atoms with van der Waals surface area (Å²) >= 11 is 0. The third-order valence-electron chi connectivity index (χ3n) is 5.23. The van der Waals surface area contributed by atoms with Crippen molar-refractivity contribution in [2.24, 2.45) is 5.92 Å². The molecule has 0 radical (unpaired) electrons. The Bertz CT molecular complexity index is 902. The summed E-state index contributed by atoms with van der Waals surface area (Å²) in [6, 6.07) is 2.25. The van der Waals surface area contributed by atoms with Crippen molar-refractivity contribution in [3.05, 3.63) is 29.8 Å². The van der Waals surface area contributed by atoms with Gasteiger partial charge < -0.3 is 14.4 Å². The van der Waals surface area contributed by atoms with E-state index in [0.29, 0.717) is 25.8 Å². The lowest BCUT2D eigenvalue weighted by Crippen LogP contribution is -2.46. The van der Waals surface area contributed by atoms with Gasteiger partial charge in [-0.1, -0.05) is 0 Å². The molecule has 1 atom stereocenters. The van der Waals surface area contributed by atoms with Gasteiger partial charge in [-0.05, 0) is 38.0 Å². The number of carbonyl (C=O) groups excluding carboxylic acids is 2. The zero-order valence-electron chi connectivity index (χ0n) is 16.6. The summed E-state index contributed by atoms with van der Waals surface area (Å²) in [6.45, 7) is 2.71. The second-order valence-electron chi connectivity index (χ2n) is 7.38. The topological polar surface area (TPSA) is 93.2 Å². The summed E-state index contributed by atoms with van der Waals surface area (Å²) in [7, 11) is -4.22. The molecule has 11 heteroatoms. The Hall–Kier alpha value is -2.11. The van der Waals surface area contributed by atoms with Crippen LogP contribution in [0.5, 0.6) is 0 Å². The second kappa shape index (κ2) is 9.36. The Labute approximate surface area is 173 Å². The molecule has 0 aromatic heterocycles. The van der Waals surface area contributed by atoms with Gasteiger partial charge in [-0.2, -0.15) is 4.31 Å². The first-order valence-corrected chi connectivity index (χ1v) is 11.1. The number of esters is 1. The summed E-state index contributed by atoms with van der Waals surface area (Å²) in [5.74, 6) is -3.33. The van der Waals surface area contributed by atoms with Gasteiger partial charge in [-0.25, -0.2) is 17.2 Å². The van der Waals surface area contributed by atoms with E-state index in [1.54, 1.807) is 4.90 Å². The molecule has 8 nitrogen and oxygen atoms in total. The highest BCUT2D eigenvalue weighted by Gasteiger charge is 2.34. The Morgan fingerprint density at radius 1 is 1.20 bits per heavy atom. The van der Waals surface area contributed by atoms with Crippen molar-refractivity contribution in [2.75, 3.05) is 39.4 Å². The minimum absolute atomic E-state index is 0.0347. The molecule has 3 rings (SSSR count). The average molecular weight is 446 g/mol. The molecule has 1 amide bonds. The number of hydrogen-bond donors (Lipinski definition) is 0. The van der Waals surface area contributed by atoms with Crippen LogP contribution in [0, 0.1) is 17.6 Å². The van der Waals surface area contributed by atoms with Crippen molar-refractivity contribution in [1.82, 2.24) is 9.21 Å². The van der Waals surface area contributed by atoms with Crippen LogP contribution in [-0.4, -0.2) is 75.0 Å². The van der Waals surface area contributed by atoms with Crippen LogP contribution in [0.15, 0.2) is 23.1 Å². The lowest BCUT2D eigenvalue weighted by Gasteiger charge is -2.32. The Morgan fingerprint density at radius 2 is 1.90 bits per heavy atom. The molecule has 0 spiro atoms. The van der Waals surface area contributed by atoms with Gasteiger partial charge in [0.05, 0.1) is 18.6 Å². The van der Waals surface area contributed by atoms with Gasteiger partial charge in [0.1, 0.15) is 16.5 Å². The standard InChI is InChI=1S/C19H24F2N2O6S/c1-13-11-22(8-9-28-13)18(24)12-29-19(25)14-4-6-23(7-5-14)30(26,27)17-10-15(20)2-3-16(17)21/h2-3,10,13-14H,4-9,11-12H2,1H3. The molecule has 2 fully saturated rings. The number of rotatable bonds is 5. The fourth-order valence-corrected chi connectivity index (χ4v) is 5.08. The minimum Gasteiger partial charge on any atom is -0.455 e. The van der Waals surface area contributed by atoms with Crippen LogP contribution >= 0.6 is 0 Å². The zero-order chi connectivity index (χ0) is 21.9. The zero-order valence-corrected chi connectivity index (χ0v) is 17.4. The molecule has 2 aliphatic heterocycles. The summed E-state index contributed by atoms with van der Waals surface area (Å²) in [4.78, 5) is 25.3. The van der Waals surface area contributed by atoms with Crippen molar-refractivity contribution >= 4 is 21.9 Å². The van der Waals surface area contributed by atoms with Gasteiger partial charge in [0, 0.05) is 26.2 Å². The Kier molecular flexibility index (Phi) is 7.04. The van der Waals surface area contributed by atoms with Crippen LogP contribution in [0.1, 0.15) is 19.8 Å². The van der Waals surface area contributed by atoms with E-state index in [1.165, 1.54) is 0 Å². The Balaban J connectivity index is 1.51. The SMILES string of the molecule is CC1CN(C(=O)COC(=O)C2CCN(S(=O)(=O)c3cc(F)ccc3F)CC2)CCO1. The molecule has 0 bridgehead atoms. The fraction of sp³-hybridized carbons (Fsp3) is 0.579. The quantitative estimate of drug-likeness (QED) is 0.630. The highest BCUT2D eigenvalue weighted by molar-refractivity contribution is 7.89. The smallest absolute Gasteiger partial charge is 0.309 e. The minimum atomic E-state index is -4.22. The van der Waals surface area contributed by atoms with Gasteiger partial charge >= 0.3 is 5.97 Å². The lowest BCUT2D eigenvalue weighted by molar-refractivity contribution is -0.158. The molecule has 2 aliphatic rings. The molecule has 1 aromatic carbocycles. The number of ether oxygens (including phenoxy) is 2. The van der Waals surface area contributed by atoms with Crippen LogP contribution < -0.4 is 0 Å². The second-order valence-corrected chi connectivity index (χ2v) is 9.29. The number of nitrogens with zero attached hydrogens (tertiary/aromatic N) is 2. The molecule has 166 valence electrons. The van der Waals surface area contributed by atoms with E-state index in [4.69, 9.17) is 9.47 Å². The first-order valence-electron chi connectivity index (χ1n) is 9.69. The van der Waals surface area contributed by atoms with E-state index in [1.807, 2.05) is 6.92 Å².